The quantitative estimate of drug-likeness (QED) is 0.162. The van der Waals surface area contributed by atoms with E-state index in [1.165, 1.54) is 6.08 Å². The standard InChI is InChI=1S/C27H20BrCl3N2O2/c1-3-4-18-9-17(10-20(14-32)27(34)33-22-8-5-16(2)24(30)13-22)11-23(28)26(18)35-15-19-6-7-21(29)12-25(19)31/h3,5-13H,1,4,15H2,2H3,(H,33,34)/b20-10-. The number of allylic oxidation sites excluding steroid dienone is 1. The summed E-state index contributed by atoms with van der Waals surface area (Å²) in [6.07, 6.45) is 3.78. The van der Waals surface area contributed by atoms with Gasteiger partial charge in [0.15, 0.2) is 0 Å². The fourth-order valence-corrected chi connectivity index (χ4v) is 4.48. The van der Waals surface area contributed by atoms with Crippen LogP contribution < -0.4 is 10.1 Å². The van der Waals surface area contributed by atoms with E-state index < -0.39 is 5.91 Å². The van der Waals surface area contributed by atoms with Crippen LogP contribution in [0.5, 0.6) is 5.75 Å². The zero-order chi connectivity index (χ0) is 25.5. The third-order valence-corrected chi connectivity index (χ3v) is 6.58. The van der Waals surface area contributed by atoms with Gasteiger partial charge in [0.25, 0.3) is 5.91 Å². The molecule has 35 heavy (non-hydrogen) atoms. The highest BCUT2D eigenvalue weighted by atomic mass is 79.9. The van der Waals surface area contributed by atoms with Gasteiger partial charge in [0.2, 0.25) is 0 Å². The summed E-state index contributed by atoms with van der Waals surface area (Å²) in [5.74, 6) is 0.0804. The van der Waals surface area contributed by atoms with Gasteiger partial charge in [-0.15, -0.1) is 6.58 Å². The highest BCUT2D eigenvalue weighted by molar-refractivity contribution is 9.10. The topological polar surface area (TPSA) is 62.1 Å². The molecule has 0 radical (unpaired) electrons. The van der Waals surface area contributed by atoms with Crippen molar-refractivity contribution in [3.8, 4) is 11.8 Å². The highest BCUT2D eigenvalue weighted by Crippen LogP contribution is 2.34. The lowest BCUT2D eigenvalue weighted by molar-refractivity contribution is -0.112. The summed E-state index contributed by atoms with van der Waals surface area (Å²) in [5.41, 5.74) is 3.61. The largest absolute Gasteiger partial charge is 0.487 e. The van der Waals surface area contributed by atoms with Crippen LogP contribution in [0.15, 0.2) is 71.2 Å². The number of amides is 1. The summed E-state index contributed by atoms with van der Waals surface area (Å²) in [5, 5.41) is 13.9. The third-order valence-electron chi connectivity index (χ3n) is 5.00. The molecule has 0 spiro atoms. The Morgan fingerprint density at radius 3 is 2.54 bits per heavy atom. The van der Waals surface area contributed by atoms with Crippen LogP contribution in [0, 0.1) is 18.3 Å². The predicted molar refractivity (Wildman–Crippen MR) is 147 cm³/mol. The van der Waals surface area contributed by atoms with E-state index in [1.54, 1.807) is 42.5 Å². The molecule has 3 aromatic carbocycles. The Bertz CT molecular complexity index is 1360. The number of ether oxygens (including phenoxy) is 1. The maximum atomic E-state index is 12.7. The van der Waals surface area contributed by atoms with Gasteiger partial charge in [-0.2, -0.15) is 5.26 Å². The van der Waals surface area contributed by atoms with Gasteiger partial charge in [0.05, 0.1) is 4.47 Å². The monoisotopic (exact) mass is 588 g/mol. The molecule has 1 amide bonds. The van der Waals surface area contributed by atoms with E-state index in [2.05, 4.69) is 27.8 Å². The first-order chi connectivity index (χ1) is 16.7. The molecule has 0 heterocycles. The van der Waals surface area contributed by atoms with Crippen LogP contribution >= 0.6 is 50.7 Å². The first-order valence-electron chi connectivity index (χ1n) is 10.4. The summed E-state index contributed by atoms with van der Waals surface area (Å²) in [7, 11) is 0. The van der Waals surface area contributed by atoms with Gasteiger partial charge in [-0.25, -0.2) is 0 Å². The Morgan fingerprint density at radius 1 is 1.11 bits per heavy atom. The Hall–Kier alpha value is -2.75. The molecule has 0 saturated carbocycles. The molecule has 0 aromatic heterocycles. The maximum Gasteiger partial charge on any atom is 0.266 e. The SMILES string of the molecule is C=CCc1cc(/C=C(/C#N)C(=O)Nc2ccc(C)c(Cl)c2)cc(Br)c1OCc1ccc(Cl)cc1Cl. The third kappa shape index (κ3) is 7.13. The summed E-state index contributed by atoms with van der Waals surface area (Å²) >= 11 is 21.9. The lowest BCUT2D eigenvalue weighted by Crippen LogP contribution is -2.13. The van der Waals surface area contributed by atoms with Gasteiger partial charge in [0, 0.05) is 26.3 Å². The molecule has 0 atom stereocenters. The minimum absolute atomic E-state index is 0.0558. The molecule has 0 aliphatic heterocycles. The van der Waals surface area contributed by atoms with E-state index in [4.69, 9.17) is 39.5 Å². The molecule has 0 unspecified atom stereocenters. The molecular weight excluding hydrogens is 571 g/mol. The Labute approximate surface area is 227 Å². The summed E-state index contributed by atoms with van der Waals surface area (Å²) in [6.45, 7) is 5.92. The van der Waals surface area contributed by atoms with Gasteiger partial charge in [-0.05, 0) is 88.4 Å². The van der Waals surface area contributed by atoms with Gasteiger partial charge < -0.3 is 10.1 Å². The van der Waals surface area contributed by atoms with Crippen LogP contribution in [0.2, 0.25) is 15.1 Å². The minimum atomic E-state index is -0.536. The van der Waals surface area contributed by atoms with E-state index in [9.17, 15) is 10.1 Å². The van der Waals surface area contributed by atoms with Crippen molar-refractivity contribution < 1.29 is 9.53 Å². The molecule has 8 heteroatoms. The first kappa shape index (κ1) is 26.8. The molecule has 178 valence electrons. The molecule has 0 saturated heterocycles. The van der Waals surface area contributed by atoms with Crippen LogP contribution in [0.25, 0.3) is 6.08 Å². The molecule has 1 N–H and O–H groups in total. The van der Waals surface area contributed by atoms with E-state index in [0.29, 0.717) is 43.0 Å². The summed E-state index contributed by atoms with van der Waals surface area (Å²) in [4.78, 5) is 12.7. The fraction of sp³-hybridized carbons (Fsp3) is 0.111. The maximum absolute atomic E-state index is 12.7. The van der Waals surface area contributed by atoms with Gasteiger partial charge in [0.1, 0.15) is 24.0 Å². The second-order valence-corrected chi connectivity index (χ2v) is 9.70. The van der Waals surface area contributed by atoms with Crippen molar-refractivity contribution in [3.05, 3.63) is 109 Å². The number of nitriles is 1. The number of rotatable bonds is 8. The minimum Gasteiger partial charge on any atom is -0.487 e. The van der Waals surface area contributed by atoms with Crippen molar-refractivity contribution in [1.82, 2.24) is 0 Å². The second kappa shape index (κ2) is 12.3. The van der Waals surface area contributed by atoms with E-state index in [-0.39, 0.29) is 12.2 Å². The van der Waals surface area contributed by atoms with Crippen LogP contribution in [0.3, 0.4) is 0 Å². The molecule has 3 aromatic rings. The lowest BCUT2D eigenvalue weighted by Gasteiger charge is -2.15. The number of hydrogen-bond donors (Lipinski definition) is 1. The Balaban J connectivity index is 1.86. The number of hydrogen-bond acceptors (Lipinski definition) is 3. The van der Waals surface area contributed by atoms with Gasteiger partial charge in [-0.1, -0.05) is 53.0 Å². The first-order valence-corrected chi connectivity index (χ1v) is 12.3. The van der Waals surface area contributed by atoms with E-state index in [1.807, 2.05) is 25.1 Å². The van der Waals surface area contributed by atoms with Crippen LogP contribution in [0.1, 0.15) is 22.3 Å². The summed E-state index contributed by atoms with van der Waals surface area (Å²) in [6, 6.07) is 16.0. The number of benzene rings is 3. The van der Waals surface area contributed by atoms with Crippen LogP contribution in [-0.4, -0.2) is 5.91 Å². The molecule has 0 aliphatic rings. The molecule has 0 aliphatic carbocycles. The van der Waals surface area contributed by atoms with Crippen molar-refractivity contribution in [3.63, 3.8) is 0 Å². The molecule has 3 rings (SSSR count). The van der Waals surface area contributed by atoms with Gasteiger partial charge >= 0.3 is 0 Å². The number of carbonyl (C=O) groups excluding carboxylic acids is 1. The molecule has 0 fully saturated rings. The van der Waals surface area contributed by atoms with Crippen LogP contribution in [-0.2, 0) is 17.8 Å². The predicted octanol–water partition coefficient (Wildman–Crippen LogP) is 8.57. The second-order valence-electron chi connectivity index (χ2n) is 7.60. The zero-order valence-electron chi connectivity index (χ0n) is 18.7. The Morgan fingerprint density at radius 2 is 1.89 bits per heavy atom. The molecule has 4 nitrogen and oxygen atoms in total. The average molecular weight is 591 g/mol. The Kier molecular flexibility index (Phi) is 9.42. The lowest BCUT2D eigenvalue weighted by atomic mass is 10.0. The number of halogens is 4. The van der Waals surface area contributed by atoms with Crippen molar-refractivity contribution in [2.24, 2.45) is 0 Å². The number of carbonyl (C=O) groups is 1. The number of aryl methyl sites for hydroxylation is 1. The number of nitrogens with zero attached hydrogens (tertiary/aromatic N) is 1. The molecule has 0 bridgehead atoms. The van der Waals surface area contributed by atoms with Gasteiger partial charge in [-0.3, -0.25) is 4.79 Å². The fourth-order valence-electron chi connectivity index (χ4n) is 3.20. The zero-order valence-corrected chi connectivity index (χ0v) is 22.5. The number of anilines is 1. The van der Waals surface area contributed by atoms with Crippen molar-refractivity contribution in [2.45, 2.75) is 20.0 Å². The smallest absolute Gasteiger partial charge is 0.266 e. The van der Waals surface area contributed by atoms with Crippen molar-refractivity contribution >= 4 is 68.4 Å². The average Bonchev–Trinajstić information content (AvgIpc) is 2.80. The number of nitrogens with one attached hydrogen (secondary N) is 1. The van der Waals surface area contributed by atoms with Crippen molar-refractivity contribution in [2.75, 3.05) is 5.32 Å². The van der Waals surface area contributed by atoms with E-state index >= 15 is 0 Å². The highest BCUT2D eigenvalue weighted by Gasteiger charge is 2.14. The normalized spacial score (nSPS) is 11.0. The molecular formula is C27H20BrCl3N2O2. The van der Waals surface area contributed by atoms with Crippen LogP contribution in [0.4, 0.5) is 5.69 Å². The summed E-state index contributed by atoms with van der Waals surface area (Å²) < 4.78 is 6.72. The van der Waals surface area contributed by atoms with Crippen molar-refractivity contribution in [1.29, 1.82) is 5.26 Å². The van der Waals surface area contributed by atoms with E-state index in [0.717, 1.165) is 16.7 Å².